The van der Waals surface area contributed by atoms with Crippen molar-refractivity contribution in [3.8, 4) is 0 Å². The van der Waals surface area contributed by atoms with Gasteiger partial charge in [0.1, 0.15) is 6.54 Å². The molecule has 3 nitrogen and oxygen atoms in total. The molecule has 1 heterocycles. The van der Waals surface area contributed by atoms with Crippen LogP contribution in [0.1, 0.15) is 43.8 Å². The van der Waals surface area contributed by atoms with Crippen LogP contribution in [0, 0.1) is 0 Å². The van der Waals surface area contributed by atoms with Gasteiger partial charge in [-0.05, 0) is 26.8 Å². The second-order valence-electron chi connectivity index (χ2n) is 4.30. The van der Waals surface area contributed by atoms with Gasteiger partial charge in [-0.3, -0.25) is 4.68 Å². The number of aromatic nitrogens is 2. The number of nitrogens with zero attached hydrogens (tertiary/aromatic N) is 2. The highest BCUT2D eigenvalue weighted by molar-refractivity contribution is 5.30. The molecule has 1 rings (SSSR count). The molecule has 18 heavy (non-hydrogen) atoms. The molecule has 1 N–H and O–H groups in total. The van der Waals surface area contributed by atoms with Crippen molar-refractivity contribution in [2.24, 2.45) is 0 Å². The Morgan fingerprint density at radius 2 is 1.89 bits per heavy atom. The van der Waals surface area contributed by atoms with Crippen LogP contribution >= 0.6 is 0 Å². The fourth-order valence-electron chi connectivity index (χ4n) is 2.14. The topological polar surface area (TPSA) is 29.9 Å². The minimum atomic E-state index is -4.24. The first-order valence-electron chi connectivity index (χ1n) is 6.16. The molecule has 1 unspecified atom stereocenters. The van der Waals surface area contributed by atoms with Gasteiger partial charge in [-0.15, -0.1) is 0 Å². The summed E-state index contributed by atoms with van der Waals surface area (Å²) in [6, 6.07) is 0.0110. The van der Waals surface area contributed by atoms with Crippen LogP contribution in [-0.4, -0.2) is 23.0 Å². The zero-order chi connectivity index (χ0) is 13.9. The van der Waals surface area contributed by atoms with Crippen LogP contribution in [0.4, 0.5) is 13.2 Å². The zero-order valence-corrected chi connectivity index (χ0v) is 11.2. The van der Waals surface area contributed by atoms with Gasteiger partial charge in [0.05, 0.1) is 5.69 Å². The van der Waals surface area contributed by atoms with Crippen molar-refractivity contribution >= 4 is 0 Å². The van der Waals surface area contributed by atoms with Gasteiger partial charge in [-0.2, -0.15) is 18.3 Å². The summed E-state index contributed by atoms with van der Waals surface area (Å²) in [5.41, 5.74) is 2.33. The van der Waals surface area contributed by atoms with Crippen LogP contribution in [0.2, 0.25) is 0 Å². The molecule has 0 aliphatic rings. The molecule has 1 aromatic rings. The van der Waals surface area contributed by atoms with E-state index in [1.807, 2.05) is 20.8 Å². The van der Waals surface area contributed by atoms with Crippen molar-refractivity contribution in [3.63, 3.8) is 0 Å². The average Bonchev–Trinajstić information content (AvgIpc) is 2.63. The van der Waals surface area contributed by atoms with E-state index in [9.17, 15) is 13.2 Å². The molecule has 0 aliphatic carbocycles. The van der Waals surface area contributed by atoms with E-state index in [4.69, 9.17) is 0 Å². The first-order chi connectivity index (χ1) is 8.34. The Morgan fingerprint density at radius 1 is 1.28 bits per heavy atom. The standard InChI is InChI=1S/C12H20F3N3/c1-5-9-11(8(3)16-4)10(6-2)18(17-9)7-12(13,14)15/h8,16H,5-7H2,1-4H3. The van der Waals surface area contributed by atoms with Crippen LogP contribution in [0.3, 0.4) is 0 Å². The maximum absolute atomic E-state index is 12.5. The van der Waals surface area contributed by atoms with E-state index in [0.29, 0.717) is 18.5 Å². The van der Waals surface area contributed by atoms with Gasteiger partial charge in [0.2, 0.25) is 0 Å². The Kier molecular flexibility index (Phi) is 4.78. The van der Waals surface area contributed by atoms with Crippen LogP contribution in [-0.2, 0) is 19.4 Å². The molecule has 1 aromatic heterocycles. The third-order valence-electron chi connectivity index (χ3n) is 3.04. The van der Waals surface area contributed by atoms with Gasteiger partial charge in [-0.1, -0.05) is 13.8 Å². The lowest BCUT2D eigenvalue weighted by atomic mass is 10.0. The monoisotopic (exact) mass is 263 g/mol. The first-order valence-corrected chi connectivity index (χ1v) is 6.16. The smallest absolute Gasteiger partial charge is 0.313 e. The van der Waals surface area contributed by atoms with Crippen molar-refractivity contribution in [2.75, 3.05) is 7.05 Å². The molecule has 0 aliphatic heterocycles. The number of rotatable bonds is 5. The minimum absolute atomic E-state index is 0.0110. The summed E-state index contributed by atoms with van der Waals surface area (Å²) in [5.74, 6) is 0. The summed E-state index contributed by atoms with van der Waals surface area (Å²) < 4.78 is 38.6. The Labute approximate surface area is 105 Å². The van der Waals surface area contributed by atoms with Gasteiger partial charge < -0.3 is 5.32 Å². The zero-order valence-electron chi connectivity index (χ0n) is 11.2. The third kappa shape index (κ3) is 3.25. The Bertz CT molecular complexity index is 396. The van der Waals surface area contributed by atoms with Crippen LogP contribution in [0.5, 0.6) is 0 Å². The fourth-order valence-corrected chi connectivity index (χ4v) is 2.14. The van der Waals surface area contributed by atoms with E-state index in [2.05, 4.69) is 10.4 Å². The van der Waals surface area contributed by atoms with Crippen molar-refractivity contribution < 1.29 is 13.2 Å². The molecule has 0 fully saturated rings. The molecule has 0 amide bonds. The lowest BCUT2D eigenvalue weighted by Gasteiger charge is -2.14. The van der Waals surface area contributed by atoms with Gasteiger partial charge in [-0.25, -0.2) is 0 Å². The summed E-state index contributed by atoms with van der Waals surface area (Å²) in [7, 11) is 1.80. The summed E-state index contributed by atoms with van der Waals surface area (Å²) >= 11 is 0. The van der Waals surface area contributed by atoms with Crippen molar-refractivity contribution in [1.82, 2.24) is 15.1 Å². The number of hydrogen-bond donors (Lipinski definition) is 1. The van der Waals surface area contributed by atoms with Gasteiger partial charge in [0.15, 0.2) is 0 Å². The van der Waals surface area contributed by atoms with E-state index in [1.54, 1.807) is 7.05 Å². The van der Waals surface area contributed by atoms with Crippen molar-refractivity contribution in [2.45, 2.75) is 52.4 Å². The summed E-state index contributed by atoms with van der Waals surface area (Å²) in [5, 5.41) is 7.18. The van der Waals surface area contributed by atoms with Crippen molar-refractivity contribution in [1.29, 1.82) is 0 Å². The highest BCUT2D eigenvalue weighted by Crippen LogP contribution is 2.26. The maximum Gasteiger partial charge on any atom is 0.408 e. The molecule has 0 bridgehead atoms. The maximum atomic E-state index is 12.5. The van der Waals surface area contributed by atoms with Crippen LogP contribution < -0.4 is 5.32 Å². The third-order valence-corrected chi connectivity index (χ3v) is 3.04. The minimum Gasteiger partial charge on any atom is -0.313 e. The van der Waals surface area contributed by atoms with Crippen LogP contribution in [0.15, 0.2) is 0 Å². The molecule has 104 valence electrons. The Balaban J connectivity index is 3.24. The second-order valence-corrected chi connectivity index (χ2v) is 4.30. The Morgan fingerprint density at radius 3 is 2.28 bits per heavy atom. The van der Waals surface area contributed by atoms with Gasteiger partial charge in [0, 0.05) is 17.3 Å². The predicted octanol–water partition coefficient (Wildman–Crippen LogP) is 2.85. The van der Waals surface area contributed by atoms with Crippen molar-refractivity contribution in [3.05, 3.63) is 17.0 Å². The normalized spacial score (nSPS) is 13.9. The molecular weight excluding hydrogens is 243 g/mol. The lowest BCUT2D eigenvalue weighted by Crippen LogP contribution is -2.21. The number of nitrogens with one attached hydrogen (secondary N) is 1. The highest BCUT2D eigenvalue weighted by atomic mass is 19.4. The number of hydrogen-bond acceptors (Lipinski definition) is 2. The average molecular weight is 263 g/mol. The number of aryl methyl sites for hydroxylation is 1. The van der Waals surface area contributed by atoms with E-state index in [1.165, 1.54) is 0 Å². The first kappa shape index (κ1) is 15.0. The molecule has 1 atom stereocenters. The molecular formula is C12H20F3N3. The number of alkyl halides is 3. The summed E-state index contributed by atoms with van der Waals surface area (Å²) in [6.45, 7) is 4.69. The van der Waals surface area contributed by atoms with E-state index < -0.39 is 12.7 Å². The lowest BCUT2D eigenvalue weighted by molar-refractivity contribution is -0.143. The van der Waals surface area contributed by atoms with E-state index in [0.717, 1.165) is 15.9 Å². The fraction of sp³-hybridized carbons (Fsp3) is 0.750. The van der Waals surface area contributed by atoms with E-state index in [-0.39, 0.29) is 6.04 Å². The molecule has 6 heteroatoms. The quantitative estimate of drug-likeness (QED) is 0.885. The van der Waals surface area contributed by atoms with Crippen LogP contribution in [0.25, 0.3) is 0 Å². The predicted molar refractivity (Wildman–Crippen MR) is 64.5 cm³/mol. The molecule has 0 spiro atoms. The summed E-state index contributed by atoms with van der Waals surface area (Å²) in [4.78, 5) is 0. The van der Waals surface area contributed by atoms with E-state index >= 15 is 0 Å². The molecule has 0 radical (unpaired) electrons. The molecule has 0 saturated heterocycles. The molecule has 0 saturated carbocycles. The Hall–Kier alpha value is -1.04. The summed E-state index contributed by atoms with van der Waals surface area (Å²) in [6.07, 6.45) is -3.05. The molecule has 0 aromatic carbocycles. The highest BCUT2D eigenvalue weighted by Gasteiger charge is 2.31. The number of halogens is 3. The van der Waals surface area contributed by atoms with Gasteiger partial charge in [0.25, 0.3) is 0 Å². The second kappa shape index (κ2) is 5.73. The largest absolute Gasteiger partial charge is 0.408 e. The SMILES string of the molecule is CCc1nn(CC(F)(F)F)c(CC)c1C(C)NC. The van der Waals surface area contributed by atoms with Gasteiger partial charge >= 0.3 is 6.18 Å².